The second kappa shape index (κ2) is 5.91. The molecule has 0 radical (unpaired) electrons. The molecule has 0 aromatic heterocycles. The Kier molecular flexibility index (Phi) is 4.48. The van der Waals surface area contributed by atoms with E-state index >= 15 is 0 Å². The third kappa shape index (κ3) is 2.96. The molecule has 2 N–H and O–H groups in total. The minimum Gasteiger partial charge on any atom is -0.394 e. The molecule has 1 aliphatic rings. The van der Waals surface area contributed by atoms with Gasteiger partial charge in [-0.15, -0.1) is 0 Å². The molecular weight excluding hydrogens is 320 g/mol. The van der Waals surface area contributed by atoms with Crippen LogP contribution < -0.4 is 5.32 Å². The van der Waals surface area contributed by atoms with Gasteiger partial charge in [-0.3, -0.25) is 0 Å². The highest BCUT2D eigenvalue weighted by molar-refractivity contribution is 9.10. The average molecular weight is 334 g/mol. The third-order valence-electron chi connectivity index (χ3n) is 3.02. The fourth-order valence-corrected chi connectivity index (χ4v) is 2.85. The molecule has 1 heterocycles. The van der Waals surface area contributed by atoms with Crippen molar-refractivity contribution in [2.75, 3.05) is 18.5 Å². The predicted octanol–water partition coefficient (Wildman–Crippen LogP) is 3.09. The van der Waals surface area contributed by atoms with Crippen LogP contribution in [0.5, 0.6) is 0 Å². The van der Waals surface area contributed by atoms with E-state index in [1.54, 1.807) is 23.1 Å². The van der Waals surface area contributed by atoms with Crippen LogP contribution in [0.15, 0.2) is 22.7 Å². The molecule has 4 nitrogen and oxygen atoms in total. The van der Waals surface area contributed by atoms with Crippen LogP contribution in [0, 0.1) is 0 Å². The Balaban J connectivity index is 2.07. The van der Waals surface area contributed by atoms with Crippen molar-refractivity contribution in [1.82, 2.24) is 4.90 Å². The van der Waals surface area contributed by atoms with Gasteiger partial charge in [-0.25, -0.2) is 4.79 Å². The maximum Gasteiger partial charge on any atom is 0.322 e. The van der Waals surface area contributed by atoms with Gasteiger partial charge in [0.25, 0.3) is 0 Å². The maximum atomic E-state index is 12.1. The summed E-state index contributed by atoms with van der Waals surface area (Å²) in [5, 5.41) is 12.6. The number of hydrogen-bond acceptors (Lipinski definition) is 2. The molecule has 18 heavy (non-hydrogen) atoms. The van der Waals surface area contributed by atoms with Gasteiger partial charge >= 0.3 is 6.03 Å². The predicted molar refractivity (Wildman–Crippen MR) is 75.0 cm³/mol. The van der Waals surface area contributed by atoms with Crippen molar-refractivity contribution in [3.05, 3.63) is 27.7 Å². The van der Waals surface area contributed by atoms with Crippen molar-refractivity contribution >= 4 is 39.2 Å². The molecule has 0 saturated carbocycles. The summed E-state index contributed by atoms with van der Waals surface area (Å²) in [5.41, 5.74) is 0.674. The van der Waals surface area contributed by atoms with Gasteiger partial charge in [-0.2, -0.15) is 0 Å². The number of nitrogens with zero attached hydrogens (tertiary/aromatic N) is 1. The average Bonchev–Trinajstić information content (AvgIpc) is 2.81. The first-order valence-electron chi connectivity index (χ1n) is 5.75. The summed E-state index contributed by atoms with van der Waals surface area (Å²) in [6, 6.07) is 4.93. The molecule has 98 valence electrons. The molecule has 2 amide bonds. The van der Waals surface area contributed by atoms with Crippen molar-refractivity contribution in [1.29, 1.82) is 0 Å². The molecule has 0 spiro atoms. The molecule has 1 aromatic carbocycles. The van der Waals surface area contributed by atoms with E-state index in [0.717, 1.165) is 17.3 Å². The number of anilines is 1. The molecule has 0 unspecified atom stereocenters. The fraction of sp³-hybridized carbons (Fsp3) is 0.417. The van der Waals surface area contributed by atoms with Gasteiger partial charge in [0.1, 0.15) is 0 Å². The van der Waals surface area contributed by atoms with Crippen LogP contribution in [0.2, 0.25) is 5.02 Å². The number of amides is 2. The molecule has 0 aliphatic carbocycles. The van der Waals surface area contributed by atoms with E-state index in [0.29, 0.717) is 17.3 Å². The van der Waals surface area contributed by atoms with Gasteiger partial charge in [0.2, 0.25) is 0 Å². The number of rotatable bonds is 2. The van der Waals surface area contributed by atoms with Crippen molar-refractivity contribution in [3.63, 3.8) is 0 Å². The lowest BCUT2D eigenvalue weighted by Crippen LogP contribution is -2.40. The van der Waals surface area contributed by atoms with Gasteiger partial charge < -0.3 is 15.3 Å². The summed E-state index contributed by atoms with van der Waals surface area (Å²) in [4.78, 5) is 13.7. The normalized spacial score (nSPS) is 19.1. The smallest absolute Gasteiger partial charge is 0.322 e. The molecular formula is C12H14BrClN2O2. The number of carbonyl (C=O) groups is 1. The highest BCUT2D eigenvalue weighted by Gasteiger charge is 2.28. The number of aliphatic hydroxyl groups is 1. The lowest BCUT2D eigenvalue weighted by Gasteiger charge is -2.23. The highest BCUT2D eigenvalue weighted by Crippen LogP contribution is 2.27. The number of nitrogens with one attached hydrogen (secondary N) is 1. The highest BCUT2D eigenvalue weighted by atomic mass is 79.9. The van der Waals surface area contributed by atoms with E-state index in [1.165, 1.54) is 0 Å². The Labute approximate surface area is 119 Å². The first-order valence-corrected chi connectivity index (χ1v) is 6.92. The summed E-state index contributed by atoms with van der Waals surface area (Å²) in [5.74, 6) is 0. The number of carbonyl (C=O) groups excluding carboxylic acids is 1. The Bertz CT molecular complexity index is 456. The quantitative estimate of drug-likeness (QED) is 0.874. The van der Waals surface area contributed by atoms with Crippen LogP contribution in [-0.4, -0.2) is 35.2 Å². The summed E-state index contributed by atoms with van der Waals surface area (Å²) in [6.45, 7) is 0.692. The van der Waals surface area contributed by atoms with Gasteiger partial charge in [0, 0.05) is 16.0 Å². The molecule has 1 fully saturated rings. The minimum atomic E-state index is -0.186. The minimum absolute atomic E-state index is 0.00913. The van der Waals surface area contributed by atoms with Crippen molar-refractivity contribution < 1.29 is 9.90 Å². The van der Waals surface area contributed by atoms with Gasteiger partial charge in [-0.1, -0.05) is 11.6 Å². The Morgan fingerprint density at radius 3 is 3.06 bits per heavy atom. The molecule has 1 aliphatic heterocycles. The number of likely N-dealkylation sites (tertiary alicyclic amines) is 1. The molecule has 0 bridgehead atoms. The molecule has 6 heteroatoms. The fourth-order valence-electron chi connectivity index (χ4n) is 2.07. The zero-order valence-corrected chi connectivity index (χ0v) is 12.0. The summed E-state index contributed by atoms with van der Waals surface area (Å²) in [7, 11) is 0. The first-order chi connectivity index (χ1) is 8.61. The summed E-state index contributed by atoms with van der Waals surface area (Å²) in [6.07, 6.45) is 1.78. The molecule has 1 saturated heterocycles. The van der Waals surface area contributed by atoms with Crippen LogP contribution in [-0.2, 0) is 0 Å². The van der Waals surface area contributed by atoms with Crippen molar-refractivity contribution in [3.8, 4) is 0 Å². The lowest BCUT2D eigenvalue weighted by molar-refractivity contribution is 0.166. The zero-order valence-electron chi connectivity index (χ0n) is 9.70. The molecule has 2 rings (SSSR count). The van der Waals surface area contributed by atoms with E-state index in [-0.39, 0.29) is 18.7 Å². The number of benzene rings is 1. The number of halogens is 2. The topological polar surface area (TPSA) is 52.6 Å². The number of urea groups is 1. The Morgan fingerprint density at radius 2 is 2.39 bits per heavy atom. The van der Waals surface area contributed by atoms with Crippen LogP contribution >= 0.6 is 27.5 Å². The van der Waals surface area contributed by atoms with Crippen molar-refractivity contribution in [2.24, 2.45) is 0 Å². The van der Waals surface area contributed by atoms with E-state index in [9.17, 15) is 9.90 Å². The van der Waals surface area contributed by atoms with Crippen LogP contribution in [0.3, 0.4) is 0 Å². The monoisotopic (exact) mass is 332 g/mol. The van der Waals surface area contributed by atoms with Gasteiger partial charge in [-0.05, 0) is 47.0 Å². The maximum absolute atomic E-state index is 12.1. The number of aliphatic hydroxyl groups excluding tert-OH is 1. The molecule has 1 atom stereocenters. The first kappa shape index (κ1) is 13.6. The Hall–Kier alpha value is -0.780. The van der Waals surface area contributed by atoms with Gasteiger partial charge in [0.15, 0.2) is 0 Å². The van der Waals surface area contributed by atoms with E-state index in [2.05, 4.69) is 21.2 Å². The summed E-state index contributed by atoms with van der Waals surface area (Å²) >= 11 is 9.19. The van der Waals surface area contributed by atoms with E-state index in [4.69, 9.17) is 11.6 Å². The second-order valence-corrected chi connectivity index (χ2v) is 5.52. The lowest BCUT2D eigenvalue weighted by atomic mass is 10.2. The SMILES string of the molecule is O=C(Nc1ccc(Cl)cc1Br)N1CCC[C@H]1CO. The van der Waals surface area contributed by atoms with E-state index < -0.39 is 0 Å². The van der Waals surface area contributed by atoms with E-state index in [1.807, 2.05) is 0 Å². The summed E-state index contributed by atoms with van der Waals surface area (Å²) < 4.78 is 0.739. The second-order valence-electron chi connectivity index (χ2n) is 4.23. The van der Waals surface area contributed by atoms with Gasteiger partial charge in [0.05, 0.1) is 18.3 Å². The zero-order chi connectivity index (χ0) is 13.1. The third-order valence-corrected chi connectivity index (χ3v) is 3.91. The standard InChI is InChI=1S/C12H14BrClN2O2/c13-10-6-8(14)3-4-11(10)15-12(18)16-5-1-2-9(16)7-17/h3-4,6,9,17H,1-2,5,7H2,(H,15,18)/t9-/m0/s1. The van der Waals surface area contributed by atoms with Crippen LogP contribution in [0.25, 0.3) is 0 Å². The van der Waals surface area contributed by atoms with Crippen LogP contribution in [0.1, 0.15) is 12.8 Å². The van der Waals surface area contributed by atoms with Crippen molar-refractivity contribution in [2.45, 2.75) is 18.9 Å². The Morgan fingerprint density at radius 1 is 1.61 bits per heavy atom. The van der Waals surface area contributed by atoms with Crippen LogP contribution in [0.4, 0.5) is 10.5 Å². The molecule has 1 aromatic rings. The largest absolute Gasteiger partial charge is 0.394 e. The number of hydrogen-bond donors (Lipinski definition) is 2.